The van der Waals surface area contributed by atoms with Crippen LogP contribution in [0.1, 0.15) is 10.4 Å². The van der Waals surface area contributed by atoms with Crippen LogP contribution in [0.15, 0.2) is 18.2 Å². The van der Waals surface area contributed by atoms with Crippen molar-refractivity contribution in [3.05, 3.63) is 28.8 Å². The third-order valence-electron chi connectivity index (χ3n) is 1.86. The molecule has 0 saturated carbocycles. The van der Waals surface area contributed by atoms with Gasteiger partial charge < -0.3 is 15.3 Å². The zero-order chi connectivity index (χ0) is 12.3. The summed E-state index contributed by atoms with van der Waals surface area (Å²) in [5.41, 5.74) is 0.457. The highest BCUT2D eigenvalue weighted by Gasteiger charge is 2.10. The maximum absolute atomic E-state index is 11.3. The maximum Gasteiger partial charge on any atom is 0.337 e. The SMILES string of the molecule is CN(C)C(=O)Nc1ccc(C(=O)O)c(Cl)c1. The number of nitrogens with zero attached hydrogens (tertiary/aromatic N) is 1. The van der Waals surface area contributed by atoms with Crippen LogP contribution in [0, 0.1) is 0 Å². The summed E-state index contributed by atoms with van der Waals surface area (Å²) >= 11 is 5.74. The fourth-order valence-corrected chi connectivity index (χ4v) is 1.26. The molecule has 1 aromatic rings. The summed E-state index contributed by atoms with van der Waals surface area (Å²) < 4.78 is 0. The van der Waals surface area contributed by atoms with Crippen molar-refractivity contribution in [1.29, 1.82) is 0 Å². The van der Waals surface area contributed by atoms with E-state index in [1.807, 2.05) is 0 Å². The van der Waals surface area contributed by atoms with Crippen molar-refractivity contribution >= 4 is 29.3 Å². The molecule has 6 heteroatoms. The molecule has 0 bridgehead atoms. The second-order valence-electron chi connectivity index (χ2n) is 3.32. The Hall–Kier alpha value is -1.75. The lowest BCUT2D eigenvalue weighted by atomic mass is 10.2. The molecule has 2 N–H and O–H groups in total. The number of hydrogen-bond acceptors (Lipinski definition) is 2. The minimum Gasteiger partial charge on any atom is -0.478 e. The number of benzene rings is 1. The molecular weight excluding hydrogens is 232 g/mol. The Labute approximate surface area is 97.6 Å². The third kappa shape index (κ3) is 2.87. The second kappa shape index (κ2) is 4.85. The van der Waals surface area contributed by atoms with E-state index in [2.05, 4.69) is 5.32 Å². The highest BCUT2D eigenvalue weighted by atomic mass is 35.5. The van der Waals surface area contributed by atoms with E-state index in [9.17, 15) is 9.59 Å². The molecule has 16 heavy (non-hydrogen) atoms. The van der Waals surface area contributed by atoms with Gasteiger partial charge in [-0.2, -0.15) is 0 Å². The second-order valence-corrected chi connectivity index (χ2v) is 3.73. The van der Waals surface area contributed by atoms with Crippen LogP contribution in [-0.4, -0.2) is 36.1 Å². The Kier molecular flexibility index (Phi) is 3.73. The molecule has 0 aliphatic heterocycles. The van der Waals surface area contributed by atoms with E-state index in [4.69, 9.17) is 16.7 Å². The number of carboxylic acid groups (broad SMARTS) is 1. The van der Waals surface area contributed by atoms with Gasteiger partial charge in [0.25, 0.3) is 0 Å². The van der Waals surface area contributed by atoms with E-state index in [-0.39, 0.29) is 16.6 Å². The van der Waals surface area contributed by atoms with Gasteiger partial charge in [0.2, 0.25) is 0 Å². The number of carbonyl (C=O) groups excluding carboxylic acids is 1. The maximum atomic E-state index is 11.3. The standard InChI is InChI=1S/C10H11ClN2O3/c1-13(2)10(16)12-6-3-4-7(9(14)15)8(11)5-6/h3-5H,1-2H3,(H,12,16)(H,14,15). The number of rotatable bonds is 2. The van der Waals surface area contributed by atoms with Crippen molar-refractivity contribution < 1.29 is 14.7 Å². The van der Waals surface area contributed by atoms with Crippen molar-refractivity contribution in [2.75, 3.05) is 19.4 Å². The number of carbonyl (C=O) groups is 2. The van der Waals surface area contributed by atoms with Crippen LogP contribution in [0.2, 0.25) is 5.02 Å². The molecule has 5 nitrogen and oxygen atoms in total. The van der Waals surface area contributed by atoms with E-state index >= 15 is 0 Å². The monoisotopic (exact) mass is 242 g/mol. The lowest BCUT2D eigenvalue weighted by molar-refractivity contribution is 0.0697. The Morgan fingerprint density at radius 2 is 2.00 bits per heavy atom. The van der Waals surface area contributed by atoms with Crippen LogP contribution < -0.4 is 5.32 Å². The van der Waals surface area contributed by atoms with Gasteiger partial charge in [-0.05, 0) is 18.2 Å². The van der Waals surface area contributed by atoms with Crippen molar-refractivity contribution in [1.82, 2.24) is 4.90 Å². The molecule has 0 atom stereocenters. The van der Waals surface area contributed by atoms with Gasteiger partial charge in [0.15, 0.2) is 0 Å². The number of aromatic carboxylic acids is 1. The van der Waals surface area contributed by atoms with E-state index in [1.54, 1.807) is 14.1 Å². The lowest BCUT2D eigenvalue weighted by Crippen LogP contribution is -2.27. The molecule has 0 aliphatic carbocycles. The molecule has 1 aromatic carbocycles. The Bertz CT molecular complexity index is 432. The molecule has 86 valence electrons. The van der Waals surface area contributed by atoms with Crippen molar-refractivity contribution in [3.8, 4) is 0 Å². The van der Waals surface area contributed by atoms with Crippen LogP contribution in [-0.2, 0) is 0 Å². The molecule has 0 spiro atoms. The molecule has 1 rings (SSSR count). The van der Waals surface area contributed by atoms with Gasteiger partial charge in [0.1, 0.15) is 0 Å². The number of urea groups is 1. The Morgan fingerprint density at radius 3 is 2.44 bits per heavy atom. The molecule has 0 fully saturated rings. The van der Waals surface area contributed by atoms with Gasteiger partial charge in [0, 0.05) is 19.8 Å². The molecular formula is C10H11ClN2O3. The van der Waals surface area contributed by atoms with Gasteiger partial charge in [-0.1, -0.05) is 11.6 Å². The first-order chi connectivity index (χ1) is 7.41. The van der Waals surface area contributed by atoms with Crippen LogP contribution >= 0.6 is 11.6 Å². The van der Waals surface area contributed by atoms with Gasteiger partial charge in [0.05, 0.1) is 10.6 Å². The summed E-state index contributed by atoms with van der Waals surface area (Å²) in [6.07, 6.45) is 0. The van der Waals surface area contributed by atoms with Crippen LogP contribution in [0.25, 0.3) is 0 Å². The molecule has 0 radical (unpaired) electrons. The Balaban J connectivity index is 2.90. The van der Waals surface area contributed by atoms with Crippen LogP contribution in [0.4, 0.5) is 10.5 Å². The fourth-order valence-electron chi connectivity index (χ4n) is 1.00. The molecule has 0 aromatic heterocycles. The average Bonchev–Trinajstić information content (AvgIpc) is 2.16. The van der Waals surface area contributed by atoms with Gasteiger partial charge in [-0.25, -0.2) is 9.59 Å². The summed E-state index contributed by atoms with van der Waals surface area (Å²) in [5, 5.41) is 11.4. The average molecular weight is 243 g/mol. The highest BCUT2D eigenvalue weighted by Crippen LogP contribution is 2.21. The topological polar surface area (TPSA) is 69.6 Å². The first kappa shape index (κ1) is 12.3. The molecule has 0 saturated heterocycles. The zero-order valence-electron chi connectivity index (χ0n) is 8.82. The molecule has 2 amide bonds. The third-order valence-corrected chi connectivity index (χ3v) is 2.17. The first-order valence-electron chi connectivity index (χ1n) is 4.43. The number of hydrogen-bond donors (Lipinski definition) is 2. The fraction of sp³-hybridized carbons (Fsp3) is 0.200. The number of anilines is 1. The summed E-state index contributed by atoms with van der Waals surface area (Å²) in [6, 6.07) is 3.91. The molecule has 0 heterocycles. The highest BCUT2D eigenvalue weighted by molar-refractivity contribution is 6.33. The predicted octanol–water partition coefficient (Wildman–Crippen LogP) is 2.13. The van der Waals surface area contributed by atoms with E-state index < -0.39 is 5.97 Å². The van der Waals surface area contributed by atoms with E-state index in [1.165, 1.54) is 23.1 Å². The number of nitrogens with one attached hydrogen (secondary N) is 1. The molecule has 0 unspecified atom stereocenters. The molecule has 0 aliphatic rings. The number of halogens is 1. The minimum atomic E-state index is -1.10. The van der Waals surface area contributed by atoms with Crippen LogP contribution in [0.5, 0.6) is 0 Å². The normalized spacial score (nSPS) is 9.69. The summed E-state index contributed by atoms with van der Waals surface area (Å²) in [6.45, 7) is 0. The summed E-state index contributed by atoms with van der Waals surface area (Å²) in [7, 11) is 3.20. The van der Waals surface area contributed by atoms with E-state index in [0.717, 1.165) is 0 Å². The van der Waals surface area contributed by atoms with Crippen molar-refractivity contribution in [2.24, 2.45) is 0 Å². The zero-order valence-corrected chi connectivity index (χ0v) is 9.58. The smallest absolute Gasteiger partial charge is 0.337 e. The van der Waals surface area contributed by atoms with Crippen LogP contribution in [0.3, 0.4) is 0 Å². The largest absolute Gasteiger partial charge is 0.478 e. The van der Waals surface area contributed by atoms with Crippen molar-refractivity contribution in [3.63, 3.8) is 0 Å². The quantitative estimate of drug-likeness (QED) is 0.835. The van der Waals surface area contributed by atoms with Crippen molar-refractivity contribution in [2.45, 2.75) is 0 Å². The number of carboxylic acids is 1. The summed E-state index contributed by atoms with van der Waals surface area (Å²) in [4.78, 5) is 23.3. The summed E-state index contributed by atoms with van der Waals surface area (Å²) in [5.74, 6) is -1.10. The van der Waals surface area contributed by atoms with Gasteiger partial charge >= 0.3 is 12.0 Å². The lowest BCUT2D eigenvalue weighted by Gasteiger charge is -2.12. The first-order valence-corrected chi connectivity index (χ1v) is 4.80. The van der Waals surface area contributed by atoms with E-state index in [0.29, 0.717) is 5.69 Å². The Morgan fingerprint density at radius 1 is 1.38 bits per heavy atom. The number of amides is 2. The van der Waals surface area contributed by atoms with Gasteiger partial charge in [-0.15, -0.1) is 0 Å². The predicted molar refractivity (Wildman–Crippen MR) is 61.1 cm³/mol. The van der Waals surface area contributed by atoms with Gasteiger partial charge in [-0.3, -0.25) is 0 Å². The minimum absolute atomic E-state index is 0.00418.